The van der Waals surface area contributed by atoms with Crippen molar-refractivity contribution >= 4 is 40.2 Å². The summed E-state index contributed by atoms with van der Waals surface area (Å²) in [5.41, 5.74) is 3.90. The molecule has 4 rings (SSSR count). The van der Waals surface area contributed by atoms with Crippen molar-refractivity contribution in [2.45, 2.75) is 6.42 Å². The van der Waals surface area contributed by atoms with Gasteiger partial charge in [-0.25, -0.2) is 9.97 Å². The minimum absolute atomic E-state index is 0.250. The van der Waals surface area contributed by atoms with Gasteiger partial charge in [0.15, 0.2) is 5.15 Å². The molecule has 2 heterocycles. The van der Waals surface area contributed by atoms with Crippen LogP contribution in [-0.2, 0) is 4.74 Å². The van der Waals surface area contributed by atoms with E-state index in [-0.39, 0.29) is 5.91 Å². The number of nitrogens with zero attached hydrogens (tertiary/aromatic N) is 3. The number of nitrogens with one attached hydrogen (secondary N) is 1. The fourth-order valence-electron chi connectivity index (χ4n) is 3.06. The number of fused-ring (bicyclic) bond motifs is 1. The number of hydrogen-bond donors (Lipinski definition) is 1. The van der Waals surface area contributed by atoms with Gasteiger partial charge in [-0.05, 0) is 54.5 Å². The fraction of sp³-hybridized carbons (Fsp3) is 0.0833. The van der Waals surface area contributed by atoms with E-state index < -0.39 is 0 Å². The average Bonchev–Trinajstić information content (AvgIpc) is 3.04. The standard InChI is InChI=1S/C24H19ClN4O2/c1-31-19-7-3-2-6-17(13-19)22-23(25)29-20-9-8-18(14-21(20)28-22)24(30)27-12-10-16-5-4-11-26-15-16/h3-15H,2H2,1H3,(H,27,30)/b12-10+. The van der Waals surface area contributed by atoms with Gasteiger partial charge >= 0.3 is 0 Å². The van der Waals surface area contributed by atoms with Gasteiger partial charge in [0.25, 0.3) is 5.91 Å². The predicted octanol–water partition coefficient (Wildman–Crippen LogP) is 4.95. The van der Waals surface area contributed by atoms with E-state index in [1.54, 1.807) is 50.0 Å². The maximum atomic E-state index is 12.6. The Labute approximate surface area is 184 Å². The molecular weight excluding hydrogens is 412 g/mol. The van der Waals surface area contributed by atoms with Crippen LogP contribution in [0, 0.1) is 0 Å². The van der Waals surface area contributed by atoms with Gasteiger partial charge in [0.05, 0.1) is 18.1 Å². The second-order valence-electron chi connectivity index (χ2n) is 6.71. The first-order valence-electron chi connectivity index (χ1n) is 9.61. The number of pyridine rings is 1. The first kappa shape index (κ1) is 20.5. The molecule has 0 atom stereocenters. The largest absolute Gasteiger partial charge is 0.497 e. The monoisotopic (exact) mass is 430 g/mol. The van der Waals surface area contributed by atoms with Gasteiger partial charge in [-0.3, -0.25) is 9.78 Å². The van der Waals surface area contributed by atoms with E-state index in [1.165, 1.54) is 0 Å². The third kappa shape index (κ3) is 4.87. The zero-order valence-electron chi connectivity index (χ0n) is 16.7. The zero-order valence-corrected chi connectivity index (χ0v) is 17.5. The molecule has 1 aliphatic carbocycles. The van der Waals surface area contributed by atoms with Crippen LogP contribution in [0.2, 0.25) is 5.15 Å². The second kappa shape index (κ2) is 9.36. The lowest BCUT2D eigenvalue weighted by molar-refractivity contribution is 0.0970. The number of carbonyl (C=O) groups is 1. The predicted molar refractivity (Wildman–Crippen MR) is 122 cm³/mol. The molecule has 1 aliphatic rings. The van der Waals surface area contributed by atoms with Crippen molar-refractivity contribution in [3.63, 3.8) is 0 Å². The smallest absolute Gasteiger partial charge is 0.255 e. The van der Waals surface area contributed by atoms with Crippen molar-refractivity contribution in [3.05, 3.63) is 101 Å². The van der Waals surface area contributed by atoms with Crippen molar-refractivity contribution in [1.29, 1.82) is 0 Å². The highest BCUT2D eigenvalue weighted by molar-refractivity contribution is 6.31. The summed E-state index contributed by atoms with van der Waals surface area (Å²) in [4.78, 5) is 25.7. The van der Waals surface area contributed by atoms with Crippen LogP contribution in [0.4, 0.5) is 0 Å². The van der Waals surface area contributed by atoms with E-state index in [4.69, 9.17) is 16.3 Å². The number of methoxy groups -OCH3 is 1. The molecule has 0 saturated carbocycles. The van der Waals surface area contributed by atoms with Gasteiger partial charge in [0.1, 0.15) is 11.5 Å². The summed E-state index contributed by atoms with van der Waals surface area (Å²) in [6, 6.07) is 8.85. The summed E-state index contributed by atoms with van der Waals surface area (Å²) in [6.45, 7) is 0. The third-order valence-electron chi connectivity index (χ3n) is 4.62. The van der Waals surface area contributed by atoms with Crippen LogP contribution >= 0.6 is 11.6 Å². The van der Waals surface area contributed by atoms with E-state index in [2.05, 4.69) is 20.3 Å². The quantitative estimate of drug-likeness (QED) is 0.619. The van der Waals surface area contributed by atoms with Gasteiger partial charge in [-0.2, -0.15) is 0 Å². The Morgan fingerprint density at radius 2 is 2.13 bits per heavy atom. The maximum Gasteiger partial charge on any atom is 0.255 e. The lowest BCUT2D eigenvalue weighted by atomic mass is 10.1. The van der Waals surface area contributed by atoms with Gasteiger partial charge in [-0.15, -0.1) is 0 Å². The molecule has 0 saturated heterocycles. The molecular formula is C24H19ClN4O2. The minimum atomic E-state index is -0.250. The number of ether oxygens (including phenoxy) is 1. The van der Waals surface area contributed by atoms with Gasteiger partial charge < -0.3 is 10.1 Å². The highest BCUT2D eigenvalue weighted by atomic mass is 35.5. The normalized spacial score (nSPS) is 13.6. The molecule has 6 nitrogen and oxygen atoms in total. The SMILES string of the molecule is COC1=CC(c2nc3cc(C(=O)N/C=C/c4cccnc4)ccc3nc2Cl)=CCC=C1. The van der Waals surface area contributed by atoms with Crippen LogP contribution in [-0.4, -0.2) is 28.0 Å². The highest BCUT2D eigenvalue weighted by Crippen LogP contribution is 2.27. The van der Waals surface area contributed by atoms with Crippen molar-refractivity contribution in [2.75, 3.05) is 7.11 Å². The molecule has 0 radical (unpaired) electrons. The van der Waals surface area contributed by atoms with E-state index in [0.29, 0.717) is 33.2 Å². The van der Waals surface area contributed by atoms with Crippen LogP contribution in [0.15, 0.2) is 79.0 Å². The maximum absolute atomic E-state index is 12.6. The highest BCUT2D eigenvalue weighted by Gasteiger charge is 2.14. The number of halogens is 1. The topological polar surface area (TPSA) is 77.0 Å². The molecule has 31 heavy (non-hydrogen) atoms. The lowest BCUT2D eigenvalue weighted by Crippen LogP contribution is -2.16. The average molecular weight is 431 g/mol. The van der Waals surface area contributed by atoms with Crippen LogP contribution in [0.1, 0.15) is 28.0 Å². The van der Waals surface area contributed by atoms with Crippen LogP contribution in [0.5, 0.6) is 0 Å². The summed E-state index contributed by atoms with van der Waals surface area (Å²) in [5.74, 6) is 0.454. The van der Waals surface area contributed by atoms with E-state index in [9.17, 15) is 4.79 Å². The Bertz CT molecular complexity index is 1250. The number of carbonyl (C=O) groups excluding carboxylic acids is 1. The molecule has 0 spiro atoms. The molecule has 0 bridgehead atoms. The number of rotatable bonds is 5. The summed E-state index contributed by atoms with van der Waals surface area (Å²) in [7, 11) is 1.61. The lowest BCUT2D eigenvalue weighted by Gasteiger charge is -2.08. The Morgan fingerprint density at radius 3 is 2.94 bits per heavy atom. The second-order valence-corrected chi connectivity index (χ2v) is 7.07. The number of allylic oxidation sites excluding steroid dienone is 5. The molecule has 7 heteroatoms. The number of aromatic nitrogens is 3. The van der Waals surface area contributed by atoms with Crippen molar-refractivity contribution < 1.29 is 9.53 Å². The molecule has 1 aromatic carbocycles. The third-order valence-corrected chi connectivity index (χ3v) is 4.88. The molecule has 1 amide bonds. The van der Waals surface area contributed by atoms with Gasteiger partial charge in [0.2, 0.25) is 0 Å². The summed E-state index contributed by atoms with van der Waals surface area (Å²) >= 11 is 6.41. The molecule has 3 aromatic rings. The first-order valence-corrected chi connectivity index (χ1v) is 9.99. The summed E-state index contributed by atoms with van der Waals surface area (Å²) in [5, 5.41) is 3.05. The zero-order chi connectivity index (χ0) is 21.6. The van der Waals surface area contributed by atoms with E-state index in [0.717, 1.165) is 17.6 Å². The molecule has 0 fully saturated rings. The number of benzene rings is 1. The molecule has 0 aliphatic heterocycles. The molecule has 1 N–H and O–H groups in total. The fourth-order valence-corrected chi connectivity index (χ4v) is 3.30. The Kier molecular flexibility index (Phi) is 6.19. The summed E-state index contributed by atoms with van der Waals surface area (Å²) < 4.78 is 5.35. The molecule has 2 aromatic heterocycles. The van der Waals surface area contributed by atoms with Crippen molar-refractivity contribution in [3.8, 4) is 0 Å². The minimum Gasteiger partial charge on any atom is -0.497 e. The summed E-state index contributed by atoms with van der Waals surface area (Å²) in [6.07, 6.45) is 15.2. The van der Waals surface area contributed by atoms with Crippen LogP contribution in [0.3, 0.4) is 0 Å². The van der Waals surface area contributed by atoms with Crippen molar-refractivity contribution in [2.24, 2.45) is 0 Å². The van der Waals surface area contributed by atoms with Crippen LogP contribution < -0.4 is 5.32 Å². The van der Waals surface area contributed by atoms with Gasteiger partial charge in [0, 0.05) is 29.7 Å². The Morgan fingerprint density at radius 1 is 1.23 bits per heavy atom. The number of hydrogen-bond acceptors (Lipinski definition) is 5. The van der Waals surface area contributed by atoms with Gasteiger partial charge in [-0.1, -0.05) is 29.8 Å². The molecule has 154 valence electrons. The van der Waals surface area contributed by atoms with E-state index in [1.807, 2.05) is 36.4 Å². The van der Waals surface area contributed by atoms with E-state index >= 15 is 0 Å². The Balaban J connectivity index is 1.61. The van der Waals surface area contributed by atoms with Crippen molar-refractivity contribution in [1.82, 2.24) is 20.3 Å². The molecule has 0 unspecified atom stereocenters. The Hall–Kier alpha value is -3.77. The first-order chi connectivity index (χ1) is 15.1. The van der Waals surface area contributed by atoms with Crippen LogP contribution in [0.25, 0.3) is 22.7 Å². The number of amides is 1.